The fourth-order valence-corrected chi connectivity index (χ4v) is 5.57. The number of fused-ring (bicyclic) bond motifs is 1. The molecule has 0 radical (unpaired) electrons. The molecule has 0 unspecified atom stereocenters. The van der Waals surface area contributed by atoms with Gasteiger partial charge in [0.2, 0.25) is 0 Å². The highest BCUT2D eigenvalue weighted by molar-refractivity contribution is 7.15. The van der Waals surface area contributed by atoms with E-state index in [9.17, 15) is 0 Å². The maximum Gasteiger partial charge on any atom is 0.138 e. The Morgan fingerprint density at radius 2 is 1.83 bits per heavy atom. The average Bonchev–Trinajstić information content (AvgIpc) is 3.61. The molecule has 3 aromatic heterocycles. The van der Waals surface area contributed by atoms with Gasteiger partial charge in [-0.25, -0.2) is 4.98 Å². The highest BCUT2D eigenvalue weighted by atomic mass is 32.1. The summed E-state index contributed by atoms with van der Waals surface area (Å²) in [5, 5.41) is 6.75. The Bertz CT molecular complexity index is 1640. The van der Waals surface area contributed by atoms with Gasteiger partial charge < -0.3 is 15.6 Å². The summed E-state index contributed by atoms with van der Waals surface area (Å²) in [6.07, 6.45) is 10.6. The van der Waals surface area contributed by atoms with Gasteiger partial charge in [-0.1, -0.05) is 66.5 Å². The fraction of sp³-hybridized carbons (Fsp3) is 0.278. The lowest BCUT2D eigenvalue weighted by molar-refractivity contribution is 0.403. The Labute approximate surface area is 255 Å². The van der Waals surface area contributed by atoms with Crippen molar-refractivity contribution >= 4 is 39.2 Å². The number of anilines is 1. The monoisotopic (exact) mass is 579 g/mol. The Balaban J connectivity index is 0.00000237. The molecule has 6 heteroatoms. The Morgan fingerprint density at radius 1 is 1.10 bits per heavy atom. The number of aryl methyl sites for hydroxylation is 1. The second-order valence-corrected chi connectivity index (χ2v) is 12.4. The van der Waals surface area contributed by atoms with Crippen LogP contribution in [-0.2, 0) is 0 Å². The summed E-state index contributed by atoms with van der Waals surface area (Å²) in [5.74, 6) is 0.718. The Morgan fingerprint density at radius 3 is 2.43 bits per heavy atom. The number of nitrogens with zero attached hydrogens (tertiary/aromatic N) is 2. The molecule has 0 aliphatic rings. The molecule has 0 amide bonds. The van der Waals surface area contributed by atoms with Gasteiger partial charge in [-0.05, 0) is 73.2 Å². The zero-order chi connectivity index (χ0) is 31.0. The first-order valence-corrected chi connectivity index (χ1v) is 15.2. The molecule has 0 saturated carbocycles. The predicted molar refractivity (Wildman–Crippen MR) is 186 cm³/mol. The summed E-state index contributed by atoms with van der Waals surface area (Å²) >= 11 is 1.74. The van der Waals surface area contributed by atoms with E-state index in [4.69, 9.17) is 4.98 Å². The maximum atomic E-state index is 4.99. The third-order valence-electron chi connectivity index (χ3n) is 6.54. The lowest BCUT2D eigenvalue weighted by Gasteiger charge is -2.21. The fourth-order valence-electron chi connectivity index (χ4n) is 4.69. The molecule has 0 spiro atoms. The van der Waals surface area contributed by atoms with Gasteiger partial charge in [-0.3, -0.25) is 4.98 Å². The maximum absolute atomic E-state index is 4.99. The molecule has 3 heterocycles. The molecule has 3 N–H and O–H groups in total. The number of nitrogens with one attached hydrogen (secondary N) is 3. The van der Waals surface area contributed by atoms with Crippen LogP contribution in [0, 0.1) is 12.3 Å². The van der Waals surface area contributed by atoms with Crippen LogP contribution in [0.25, 0.3) is 32.6 Å². The molecule has 0 aliphatic heterocycles. The van der Waals surface area contributed by atoms with Crippen LogP contribution in [0.4, 0.5) is 5.69 Å². The number of aromatic amines is 1. The van der Waals surface area contributed by atoms with Gasteiger partial charge in [0.05, 0.1) is 11.7 Å². The predicted octanol–water partition coefficient (Wildman–Crippen LogP) is 10.1. The number of aromatic nitrogens is 3. The first kappa shape index (κ1) is 32.4. The minimum Gasteiger partial charge on any atom is -0.388 e. The lowest BCUT2D eigenvalue weighted by Crippen LogP contribution is -2.16. The number of pyridine rings is 1. The lowest BCUT2D eigenvalue weighted by atomic mass is 9.91. The van der Waals surface area contributed by atoms with E-state index in [0.717, 1.165) is 73.1 Å². The molecule has 0 bridgehead atoms. The van der Waals surface area contributed by atoms with Gasteiger partial charge in [-0.15, -0.1) is 11.3 Å². The summed E-state index contributed by atoms with van der Waals surface area (Å²) in [5.41, 5.74) is 9.68. The standard InChI is InChI=1S/C34H39N5S.C2H6/c1-10-24(16-26(11-2)37-21(3)18-34(6,7)8)25-13-14-29(35-9)27(17-25)23(5)33-38-30-20-36-19-28(32(30)39-33)31-15-12-22(4)40-31;1-2/h10-17,19-20,35,37H,2-3,5,18H2,1,4,6-9H3,(H,38,39);1-2H3/b24-10+,26-16+;. The highest BCUT2D eigenvalue weighted by Crippen LogP contribution is 2.35. The smallest absolute Gasteiger partial charge is 0.138 e. The van der Waals surface area contributed by atoms with Crippen molar-refractivity contribution in [2.75, 3.05) is 12.4 Å². The van der Waals surface area contributed by atoms with Crippen molar-refractivity contribution in [1.82, 2.24) is 20.3 Å². The van der Waals surface area contributed by atoms with E-state index in [1.807, 2.05) is 46.3 Å². The van der Waals surface area contributed by atoms with E-state index in [1.165, 1.54) is 4.88 Å². The van der Waals surface area contributed by atoms with Gasteiger partial charge in [0.25, 0.3) is 0 Å². The largest absolute Gasteiger partial charge is 0.388 e. The van der Waals surface area contributed by atoms with E-state index < -0.39 is 0 Å². The van der Waals surface area contributed by atoms with E-state index in [0.29, 0.717) is 0 Å². The van der Waals surface area contributed by atoms with Crippen LogP contribution < -0.4 is 10.6 Å². The van der Waals surface area contributed by atoms with Crippen molar-refractivity contribution in [1.29, 1.82) is 0 Å². The number of allylic oxidation sites excluding steroid dienone is 5. The average molecular weight is 580 g/mol. The first-order chi connectivity index (χ1) is 20.0. The number of hydrogen-bond acceptors (Lipinski definition) is 5. The van der Waals surface area contributed by atoms with E-state index >= 15 is 0 Å². The second kappa shape index (κ2) is 14.1. The third kappa shape index (κ3) is 7.77. The molecule has 42 heavy (non-hydrogen) atoms. The van der Waals surface area contributed by atoms with Crippen molar-refractivity contribution in [3.05, 3.63) is 114 Å². The van der Waals surface area contributed by atoms with Crippen molar-refractivity contribution < 1.29 is 0 Å². The normalized spacial score (nSPS) is 12.0. The number of thiophene rings is 1. The molecule has 0 fully saturated rings. The third-order valence-corrected chi connectivity index (χ3v) is 7.57. The van der Waals surface area contributed by atoms with Gasteiger partial charge in [0.15, 0.2) is 0 Å². The van der Waals surface area contributed by atoms with Crippen LogP contribution in [-0.4, -0.2) is 22.0 Å². The summed E-state index contributed by atoms with van der Waals surface area (Å²) in [7, 11) is 1.92. The van der Waals surface area contributed by atoms with Gasteiger partial charge in [0.1, 0.15) is 11.3 Å². The van der Waals surface area contributed by atoms with Gasteiger partial charge in [-0.2, -0.15) is 0 Å². The van der Waals surface area contributed by atoms with Crippen molar-refractivity contribution in [3.8, 4) is 10.4 Å². The van der Waals surface area contributed by atoms with Crippen molar-refractivity contribution in [3.63, 3.8) is 0 Å². The molecule has 4 rings (SSSR count). The van der Waals surface area contributed by atoms with Gasteiger partial charge in [0, 0.05) is 56.8 Å². The minimum atomic E-state index is 0.147. The highest BCUT2D eigenvalue weighted by Gasteiger charge is 2.17. The molecule has 0 saturated heterocycles. The van der Waals surface area contributed by atoms with Crippen LogP contribution >= 0.6 is 11.3 Å². The summed E-state index contributed by atoms with van der Waals surface area (Å²) in [6, 6.07) is 10.6. The second-order valence-electron chi connectivity index (χ2n) is 11.1. The van der Waals surface area contributed by atoms with E-state index in [-0.39, 0.29) is 5.41 Å². The van der Waals surface area contributed by atoms with Crippen LogP contribution in [0.15, 0.2) is 92.1 Å². The quantitative estimate of drug-likeness (QED) is 0.164. The number of H-pyrrole nitrogens is 1. The summed E-state index contributed by atoms with van der Waals surface area (Å²) in [4.78, 5) is 15.3. The van der Waals surface area contributed by atoms with Crippen LogP contribution in [0.2, 0.25) is 0 Å². The SMILES string of the molecule is C=C/C(=C\C(=C/C)c1ccc(NC)c(C(=C)c2nc3c(-c4ccc(C)s4)cncc3[nH]2)c1)NC(=C)CC(C)(C)C.CC. The molecule has 1 aromatic carbocycles. The van der Waals surface area contributed by atoms with Crippen molar-refractivity contribution in [2.24, 2.45) is 5.41 Å². The van der Waals surface area contributed by atoms with E-state index in [1.54, 1.807) is 11.3 Å². The van der Waals surface area contributed by atoms with Crippen LogP contribution in [0.5, 0.6) is 0 Å². The number of rotatable bonds is 10. The first-order valence-electron chi connectivity index (χ1n) is 14.4. The number of hydrogen-bond donors (Lipinski definition) is 3. The topological polar surface area (TPSA) is 65.6 Å². The molecular weight excluding hydrogens is 534 g/mol. The van der Waals surface area contributed by atoms with Crippen LogP contribution in [0.1, 0.15) is 69.8 Å². The molecule has 4 aromatic rings. The zero-order valence-corrected chi connectivity index (χ0v) is 27.2. The van der Waals surface area contributed by atoms with E-state index in [2.05, 4.69) is 111 Å². The molecular formula is C36H45N5S. The minimum absolute atomic E-state index is 0.147. The van der Waals surface area contributed by atoms with Crippen molar-refractivity contribution in [2.45, 2.75) is 54.9 Å². The summed E-state index contributed by atoms with van der Waals surface area (Å²) in [6.45, 7) is 27.4. The molecule has 0 atom stereocenters. The molecule has 220 valence electrons. The molecule has 0 aliphatic carbocycles. The molecule has 5 nitrogen and oxygen atoms in total. The van der Waals surface area contributed by atoms with Crippen LogP contribution in [0.3, 0.4) is 0 Å². The number of imidazole rings is 1. The zero-order valence-electron chi connectivity index (χ0n) is 26.4. The Kier molecular flexibility index (Phi) is 10.9. The number of benzene rings is 1. The Hall–Kier alpha value is -4.16. The summed E-state index contributed by atoms with van der Waals surface area (Å²) < 4.78 is 0. The van der Waals surface area contributed by atoms with Gasteiger partial charge >= 0.3 is 0 Å².